The van der Waals surface area contributed by atoms with E-state index >= 15 is 0 Å². The van der Waals surface area contributed by atoms with Crippen molar-refractivity contribution in [1.29, 1.82) is 0 Å². The molecule has 2 aliphatic carbocycles. The van der Waals surface area contributed by atoms with Crippen molar-refractivity contribution >= 4 is 5.97 Å². The number of ether oxygens (including phenoxy) is 1. The van der Waals surface area contributed by atoms with Crippen LogP contribution in [0.3, 0.4) is 0 Å². The average molecular weight is 194 g/mol. The SMILES string of the molecule is O=C1CC23CCCCCC2(CCC3)O1. The maximum absolute atomic E-state index is 11.5. The summed E-state index contributed by atoms with van der Waals surface area (Å²) in [4.78, 5) is 11.5. The lowest BCUT2D eigenvalue weighted by atomic mass is 9.70. The van der Waals surface area contributed by atoms with Crippen molar-refractivity contribution in [2.24, 2.45) is 5.41 Å². The molecule has 0 aromatic heterocycles. The van der Waals surface area contributed by atoms with Crippen LogP contribution in [0.15, 0.2) is 0 Å². The molecule has 14 heavy (non-hydrogen) atoms. The molecular formula is C12H18O2. The summed E-state index contributed by atoms with van der Waals surface area (Å²) in [7, 11) is 0. The predicted octanol–water partition coefficient (Wildman–Crippen LogP) is 2.81. The van der Waals surface area contributed by atoms with Crippen LogP contribution in [-0.4, -0.2) is 11.6 Å². The standard InChI is InChI=1S/C12H18O2/c13-10-9-11-5-2-1-3-7-12(11,14-10)8-4-6-11/h1-9H2. The molecular weight excluding hydrogens is 176 g/mol. The van der Waals surface area contributed by atoms with E-state index in [1.54, 1.807) is 0 Å². The number of carbonyl (C=O) groups excluding carboxylic acids is 1. The van der Waals surface area contributed by atoms with Crippen LogP contribution in [-0.2, 0) is 9.53 Å². The number of rotatable bonds is 0. The summed E-state index contributed by atoms with van der Waals surface area (Å²) in [6, 6.07) is 0. The van der Waals surface area contributed by atoms with Crippen molar-refractivity contribution < 1.29 is 9.53 Å². The molecule has 1 saturated heterocycles. The molecule has 0 radical (unpaired) electrons. The minimum atomic E-state index is -0.0133. The van der Waals surface area contributed by atoms with Crippen molar-refractivity contribution in [1.82, 2.24) is 0 Å². The van der Waals surface area contributed by atoms with E-state index in [9.17, 15) is 4.79 Å². The molecule has 78 valence electrons. The molecule has 2 nitrogen and oxygen atoms in total. The Morgan fingerprint density at radius 2 is 1.64 bits per heavy atom. The van der Waals surface area contributed by atoms with Crippen molar-refractivity contribution in [2.45, 2.75) is 63.4 Å². The third kappa shape index (κ3) is 0.945. The van der Waals surface area contributed by atoms with Gasteiger partial charge >= 0.3 is 5.97 Å². The van der Waals surface area contributed by atoms with Gasteiger partial charge in [0.15, 0.2) is 0 Å². The number of esters is 1. The van der Waals surface area contributed by atoms with Crippen LogP contribution in [0.5, 0.6) is 0 Å². The number of hydrogen-bond acceptors (Lipinski definition) is 2. The Morgan fingerprint density at radius 3 is 2.57 bits per heavy atom. The van der Waals surface area contributed by atoms with Crippen LogP contribution in [0.2, 0.25) is 0 Å². The summed E-state index contributed by atoms with van der Waals surface area (Å²) >= 11 is 0. The molecule has 3 aliphatic rings. The van der Waals surface area contributed by atoms with Crippen molar-refractivity contribution in [3.63, 3.8) is 0 Å². The van der Waals surface area contributed by atoms with Gasteiger partial charge in [0.2, 0.25) is 0 Å². The summed E-state index contributed by atoms with van der Waals surface area (Å²) in [6.45, 7) is 0. The molecule has 1 aliphatic heterocycles. The van der Waals surface area contributed by atoms with Crippen molar-refractivity contribution in [2.75, 3.05) is 0 Å². The summed E-state index contributed by atoms with van der Waals surface area (Å²) in [6.07, 6.45) is 10.6. The number of hydrogen-bond donors (Lipinski definition) is 0. The molecule has 1 heterocycles. The smallest absolute Gasteiger partial charge is 0.307 e. The van der Waals surface area contributed by atoms with Gasteiger partial charge in [-0.15, -0.1) is 0 Å². The first-order valence-electron chi connectivity index (χ1n) is 5.98. The lowest BCUT2D eigenvalue weighted by Crippen LogP contribution is -2.39. The largest absolute Gasteiger partial charge is 0.458 e. The molecule has 2 saturated carbocycles. The molecule has 0 spiro atoms. The normalized spacial score (nSPS) is 46.7. The molecule has 0 bridgehead atoms. The Labute approximate surface area is 85.0 Å². The number of carbonyl (C=O) groups is 1. The lowest BCUT2D eigenvalue weighted by Gasteiger charge is -2.36. The van der Waals surface area contributed by atoms with Gasteiger partial charge in [0.1, 0.15) is 5.60 Å². The Morgan fingerprint density at radius 1 is 0.929 bits per heavy atom. The Kier molecular flexibility index (Phi) is 1.71. The Hall–Kier alpha value is -0.530. The lowest BCUT2D eigenvalue weighted by molar-refractivity contribution is -0.151. The van der Waals surface area contributed by atoms with Crippen molar-refractivity contribution in [3.8, 4) is 0 Å². The summed E-state index contributed by atoms with van der Waals surface area (Å²) in [5.74, 6) is 0.0756. The second-order valence-corrected chi connectivity index (χ2v) is 5.34. The van der Waals surface area contributed by atoms with Gasteiger partial charge in [-0.3, -0.25) is 4.79 Å². The summed E-state index contributed by atoms with van der Waals surface area (Å²) in [5.41, 5.74) is 0.251. The fourth-order valence-corrected chi connectivity index (χ4v) is 4.08. The van der Waals surface area contributed by atoms with E-state index < -0.39 is 0 Å². The fourth-order valence-electron chi connectivity index (χ4n) is 4.08. The highest BCUT2D eigenvalue weighted by molar-refractivity contribution is 5.74. The van der Waals surface area contributed by atoms with Gasteiger partial charge in [-0.1, -0.05) is 12.8 Å². The zero-order chi connectivity index (χ0) is 9.65. The molecule has 0 aromatic carbocycles. The first-order valence-corrected chi connectivity index (χ1v) is 5.98. The van der Waals surface area contributed by atoms with Gasteiger partial charge in [-0.25, -0.2) is 0 Å². The van der Waals surface area contributed by atoms with Gasteiger partial charge in [0.05, 0.1) is 6.42 Å². The molecule has 0 N–H and O–H groups in total. The highest BCUT2D eigenvalue weighted by Gasteiger charge is 2.62. The highest BCUT2D eigenvalue weighted by Crippen LogP contribution is 2.61. The van der Waals surface area contributed by atoms with E-state index in [2.05, 4.69) is 0 Å². The third-order valence-electron chi connectivity index (χ3n) is 4.73. The average Bonchev–Trinajstić information content (AvgIpc) is 2.51. The predicted molar refractivity (Wildman–Crippen MR) is 52.8 cm³/mol. The highest BCUT2D eigenvalue weighted by atomic mass is 16.6. The minimum Gasteiger partial charge on any atom is -0.458 e. The van der Waals surface area contributed by atoms with E-state index in [4.69, 9.17) is 4.74 Å². The van der Waals surface area contributed by atoms with Crippen molar-refractivity contribution in [3.05, 3.63) is 0 Å². The Bertz CT molecular complexity index is 249. The summed E-state index contributed by atoms with van der Waals surface area (Å²) < 4.78 is 5.71. The zero-order valence-corrected chi connectivity index (χ0v) is 8.68. The van der Waals surface area contributed by atoms with Gasteiger partial charge in [0, 0.05) is 5.41 Å². The van der Waals surface area contributed by atoms with Gasteiger partial charge in [-0.2, -0.15) is 0 Å². The topological polar surface area (TPSA) is 26.3 Å². The maximum atomic E-state index is 11.5. The van der Waals surface area contributed by atoms with Gasteiger partial charge in [0.25, 0.3) is 0 Å². The van der Waals surface area contributed by atoms with Crippen LogP contribution in [0.4, 0.5) is 0 Å². The van der Waals surface area contributed by atoms with Crippen LogP contribution >= 0.6 is 0 Å². The third-order valence-corrected chi connectivity index (χ3v) is 4.73. The maximum Gasteiger partial charge on any atom is 0.307 e. The van der Waals surface area contributed by atoms with E-state index in [1.165, 1.54) is 38.5 Å². The second kappa shape index (κ2) is 2.74. The molecule has 3 fully saturated rings. The molecule has 3 rings (SSSR count). The first kappa shape index (κ1) is 8.75. The van der Waals surface area contributed by atoms with E-state index in [1.807, 2.05) is 0 Å². The monoisotopic (exact) mass is 194 g/mol. The molecule has 0 aromatic rings. The van der Waals surface area contributed by atoms with E-state index in [-0.39, 0.29) is 17.0 Å². The molecule has 2 heteroatoms. The Balaban J connectivity index is 2.01. The summed E-state index contributed by atoms with van der Waals surface area (Å²) in [5, 5.41) is 0. The minimum absolute atomic E-state index is 0.0133. The molecule has 2 unspecified atom stereocenters. The van der Waals surface area contributed by atoms with Gasteiger partial charge in [-0.05, 0) is 38.5 Å². The fraction of sp³-hybridized carbons (Fsp3) is 0.917. The van der Waals surface area contributed by atoms with E-state index in [0.29, 0.717) is 6.42 Å². The molecule has 2 atom stereocenters. The first-order chi connectivity index (χ1) is 6.77. The van der Waals surface area contributed by atoms with Crippen LogP contribution in [0.1, 0.15) is 57.8 Å². The van der Waals surface area contributed by atoms with E-state index in [0.717, 1.165) is 12.8 Å². The zero-order valence-electron chi connectivity index (χ0n) is 8.68. The second-order valence-electron chi connectivity index (χ2n) is 5.34. The van der Waals surface area contributed by atoms with Crippen LogP contribution in [0, 0.1) is 5.41 Å². The molecule has 0 amide bonds. The van der Waals surface area contributed by atoms with Crippen LogP contribution < -0.4 is 0 Å². The van der Waals surface area contributed by atoms with Gasteiger partial charge < -0.3 is 4.74 Å². The quantitative estimate of drug-likeness (QED) is 0.554. The van der Waals surface area contributed by atoms with Crippen LogP contribution in [0.25, 0.3) is 0 Å².